The number of rotatable bonds is 9. The molecule has 2 atom stereocenters. The van der Waals surface area contributed by atoms with Gasteiger partial charge < -0.3 is 10.8 Å². The van der Waals surface area contributed by atoms with Crippen molar-refractivity contribution in [3.63, 3.8) is 0 Å². The maximum Gasteiger partial charge on any atom is 0.248 e. The van der Waals surface area contributed by atoms with Crippen LogP contribution in [0, 0.1) is 5.92 Å². The first-order valence-corrected chi connectivity index (χ1v) is 12.1. The molecule has 0 saturated carbocycles. The fourth-order valence-corrected chi connectivity index (χ4v) is 5.07. The Labute approximate surface area is 201 Å². The van der Waals surface area contributed by atoms with Crippen LogP contribution in [0.1, 0.15) is 83.6 Å². The van der Waals surface area contributed by atoms with Gasteiger partial charge in [-0.05, 0) is 78.6 Å². The van der Waals surface area contributed by atoms with Crippen LogP contribution in [0.25, 0.3) is 0 Å². The average Bonchev–Trinajstić information content (AvgIpc) is 2.86. The normalized spacial score (nSPS) is 16.4. The lowest BCUT2D eigenvalue weighted by molar-refractivity contribution is 0.0888. The average molecular weight is 459 g/mol. The summed E-state index contributed by atoms with van der Waals surface area (Å²) in [6, 6.07) is 15.9. The van der Waals surface area contributed by atoms with Gasteiger partial charge in [0.05, 0.1) is 30.1 Å². The molecule has 4 rings (SSSR count). The molecule has 1 aliphatic carbocycles. The van der Waals surface area contributed by atoms with E-state index in [-0.39, 0.29) is 18.7 Å². The monoisotopic (exact) mass is 458 g/mol. The number of hydrogen-bond acceptors (Lipinski definition) is 5. The molecule has 2 heterocycles. The number of fused-ring (bicyclic) bond motifs is 1. The number of amides is 1. The first-order chi connectivity index (χ1) is 16.5. The van der Waals surface area contributed by atoms with Crippen LogP contribution in [0.5, 0.6) is 0 Å². The maximum absolute atomic E-state index is 11.7. The number of aliphatic hydroxyl groups is 1. The summed E-state index contributed by atoms with van der Waals surface area (Å²) in [7, 11) is 0. The molecule has 2 unspecified atom stereocenters. The maximum atomic E-state index is 11.7. The molecule has 0 saturated heterocycles. The summed E-state index contributed by atoms with van der Waals surface area (Å²) in [4.78, 5) is 23.8. The Balaban J connectivity index is 1.81. The number of aromatic nitrogens is 2. The third-order valence-electron chi connectivity index (χ3n) is 6.70. The zero-order chi connectivity index (χ0) is 24.1. The molecule has 0 aliphatic heterocycles. The van der Waals surface area contributed by atoms with Gasteiger partial charge in [0.1, 0.15) is 0 Å². The third kappa shape index (κ3) is 5.34. The highest BCUT2D eigenvalue weighted by molar-refractivity contribution is 5.93. The number of aliphatic hydroxyl groups excluding tert-OH is 1. The van der Waals surface area contributed by atoms with E-state index in [1.54, 1.807) is 12.1 Å². The fourth-order valence-electron chi connectivity index (χ4n) is 5.07. The van der Waals surface area contributed by atoms with Gasteiger partial charge in [0.25, 0.3) is 0 Å². The highest BCUT2D eigenvalue weighted by Crippen LogP contribution is 2.41. The van der Waals surface area contributed by atoms with Crippen LogP contribution in [-0.2, 0) is 19.6 Å². The van der Waals surface area contributed by atoms with E-state index in [1.807, 2.05) is 36.7 Å². The van der Waals surface area contributed by atoms with Gasteiger partial charge in [0.2, 0.25) is 5.91 Å². The van der Waals surface area contributed by atoms with Crippen LogP contribution < -0.4 is 5.73 Å². The highest BCUT2D eigenvalue weighted by atomic mass is 16.3. The molecule has 34 heavy (non-hydrogen) atoms. The summed E-state index contributed by atoms with van der Waals surface area (Å²) in [5, 5.41) is 10.1. The number of benzene rings is 1. The van der Waals surface area contributed by atoms with E-state index in [4.69, 9.17) is 15.7 Å². The molecule has 1 aliphatic rings. The van der Waals surface area contributed by atoms with Gasteiger partial charge in [-0.15, -0.1) is 0 Å². The molecule has 0 fully saturated rings. The van der Waals surface area contributed by atoms with Crippen molar-refractivity contribution in [3.8, 4) is 0 Å². The van der Waals surface area contributed by atoms with Crippen molar-refractivity contribution in [2.75, 3.05) is 0 Å². The van der Waals surface area contributed by atoms with Gasteiger partial charge in [0.15, 0.2) is 0 Å². The SMILES string of the molecule is CC(C)CC(c1ccccn1)N(Cc1ccc(C(N)=O)cc1CO)C1CCCc2cccnc21. The van der Waals surface area contributed by atoms with Crippen molar-refractivity contribution in [1.29, 1.82) is 0 Å². The van der Waals surface area contributed by atoms with Crippen molar-refractivity contribution >= 4 is 5.91 Å². The minimum Gasteiger partial charge on any atom is -0.392 e. The quantitative estimate of drug-likeness (QED) is 0.483. The number of nitrogens with zero attached hydrogens (tertiary/aromatic N) is 3. The van der Waals surface area contributed by atoms with Gasteiger partial charge >= 0.3 is 0 Å². The van der Waals surface area contributed by atoms with Gasteiger partial charge in [-0.25, -0.2) is 0 Å². The van der Waals surface area contributed by atoms with Crippen molar-refractivity contribution in [2.45, 2.75) is 64.8 Å². The van der Waals surface area contributed by atoms with Crippen molar-refractivity contribution in [2.24, 2.45) is 11.7 Å². The highest BCUT2D eigenvalue weighted by Gasteiger charge is 2.34. The number of carbonyl (C=O) groups is 1. The molecule has 6 nitrogen and oxygen atoms in total. The molecule has 0 radical (unpaired) electrons. The van der Waals surface area contributed by atoms with E-state index in [9.17, 15) is 9.90 Å². The zero-order valence-corrected chi connectivity index (χ0v) is 20.0. The Kier molecular flexibility index (Phi) is 7.70. The molecule has 0 bridgehead atoms. The molecule has 1 aromatic carbocycles. The minimum absolute atomic E-state index is 0.0847. The second kappa shape index (κ2) is 10.9. The summed E-state index contributed by atoms with van der Waals surface area (Å²) in [5.41, 5.74) is 11.1. The summed E-state index contributed by atoms with van der Waals surface area (Å²) >= 11 is 0. The number of pyridine rings is 2. The minimum atomic E-state index is -0.491. The predicted molar refractivity (Wildman–Crippen MR) is 133 cm³/mol. The lowest BCUT2D eigenvalue weighted by Gasteiger charge is -2.41. The van der Waals surface area contributed by atoms with Crippen molar-refractivity contribution in [3.05, 3.63) is 94.6 Å². The van der Waals surface area contributed by atoms with Crippen LogP contribution in [0.2, 0.25) is 0 Å². The van der Waals surface area contributed by atoms with E-state index in [0.29, 0.717) is 18.0 Å². The topological polar surface area (TPSA) is 92.3 Å². The lowest BCUT2D eigenvalue weighted by atomic mass is 9.87. The number of primary amides is 1. The van der Waals surface area contributed by atoms with E-state index >= 15 is 0 Å². The first kappa shape index (κ1) is 24.0. The van der Waals surface area contributed by atoms with E-state index < -0.39 is 5.91 Å². The molecule has 1 amide bonds. The molecule has 0 spiro atoms. The Morgan fingerprint density at radius 1 is 1.12 bits per heavy atom. The predicted octanol–water partition coefficient (Wildman–Crippen LogP) is 4.73. The Morgan fingerprint density at radius 3 is 2.65 bits per heavy atom. The van der Waals surface area contributed by atoms with Crippen LogP contribution in [0.15, 0.2) is 60.9 Å². The largest absolute Gasteiger partial charge is 0.392 e. The molecular weight excluding hydrogens is 424 g/mol. The zero-order valence-electron chi connectivity index (χ0n) is 20.0. The first-order valence-electron chi connectivity index (χ1n) is 12.1. The van der Waals surface area contributed by atoms with Gasteiger partial charge in [-0.2, -0.15) is 0 Å². The van der Waals surface area contributed by atoms with Gasteiger partial charge in [-0.3, -0.25) is 19.7 Å². The molecular formula is C28H34N4O2. The fraction of sp³-hybridized carbons (Fsp3) is 0.393. The van der Waals surface area contributed by atoms with E-state index in [2.05, 4.69) is 30.9 Å². The van der Waals surface area contributed by atoms with Crippen LogP contribution in [0.3, 0.4) is 0 Å². The van der Waals surface area contributed by atoms with Crippen LogP contribution in [0.4, 0.5) is 0 Å². The summed E-state index contributed by atoms with van der Waals surface area (Å²) in [6.45, 7) is 4.94. The lowest BCUT2D eigenvalue weighted by Crippen LogP contribution is -2.36. The molecule has 178 valence electrons. The second-order valence-electron chi connectivity index (χ2n) is 9.53. The summed E-state index contributed by atoms with van der Waals surface area (Å²) < 4.78 is 0. The Bertz CT molecular complexity index is 1120. The van der Waals surface area contributed by atoms with Crippen LogP contribution >= 0.6 is 0 Å². The van der Waals surface area contributed by atoms with Crippen molar-refractivity contribution < 1.29 is 9.90 Å². The number of hydrogen-bond donors (Lipinski definition) is 2. The van der Waals surface area contributed by atoms with Gasteiger partial charge in [0, 0.05) is 24.5 Å². The number of carbonyl (C=O) groups excluding carboxylic acids is 1. The summed E-state index contributed by atoms with van der Waals surface area (Å²) in [5.74, 6) is -0.0227. The third-order valence-corrected chi connectivity index (χ3v) is 6.70. The Morgan fingerprint density at radius 2 is 1.94 bits per heavy atom. The standard InChI is InChI=1S/C28H34N4O2/c1-19(2)15-26(24-9-3-4-13-30-24)32(25-10-5-7-20-8-6-14-31-27(20)25)17-22-12-11-21(28(29)34)16-23(22)18-33/h3-4,6,8-9,11-14,16,19,25-26,33H,5,7,10,15,17-18H2,1-2H3,(H2,29,34). The van der Waals surface area contributed by atoms with Crippen molar-refractivity contribution in [1.82, 2.24) is 14.9 Å². The molecule has 2 aromatic heterocycles. The number of nitrogens with two attached hydrogens (primary N) is 1. The molecule has 3 aromatic rings. The van der Waals surface area contributed by atoms with Gasteiger partial charge in [-0.1, -0.05) is 32.0 Å². The summed E-state index contributed by atoms with van der Waals surface area (Å²) in [6.07, 6.45) is 7.84. The smallest absolute Gasteiger partial charge is 0.248 e. The Hall–Kier alpha value is -3.09. The van der Waals surface area contributed by atoms with E-state index in [1.165, 1.54) is 5.56 Å². The molecule has 6 heteroatoms. The number of aryl methyl sites for hydroxylation is 1. The van der Waals surface area contributed by atoms with Crippen LogP contribution in [-0.4, -0.2) is 25.9 Å². The molecule has 3 N–H and O–H groups in total. The second-order valence-corrected chi connectivity index (χ2v) is 9.53. The van der Waals surface area contributed by atoms with E-state index in [0.717, 1.165) is 48.2 Å².